The maximum atomic E-state index is 13.8. The standard InChI is InChI=1S/C32H37F3N8O2/c1-4-37-26-7-8-28(43-13-15-45-16-14-43)40-29(26)30(36)39-27-17-22(6-5-21(27)2)31(44)38-24-18-23(32(33,34)35)19-25(20-24)42-11-9-41(3)10-12-42/h4-8,17-20,37H,1,9-16H2,2-3H3,(H2,36,39)(H,38,44). The number of morpholine rings is 1. The van der Waals surface area contributed by atoms with Crippen molar-refractivity contribution in [1.82, 2.24) is 9.88 Å². The van der Waals surface area contributed by atoms with E-state index >= 15 is 0 Å². The quantitative estimate of drug-likeness (QED) is 0.242. The summed E-state index contributed by atoms with van der Waals surface area (Å²) in [7, 11) is 1.97. The normalized spacial score (nSPS) is 16.4. The Morgan fingerprint density at radius 3 is 2.44 bits per heavy atom. The summed E-state index contributed by atoms with van der Waals surface area (Å²) in [6.07, 6.45) is -3.06. The van der Waals surface area contributed by atoms with Crippen LogP contribution in [0.4, 0.5) is 41.7 Å². The number of aromatic nitrogens is 1. The number of alkyl halides is 3. The van der Waals surface area contributed by atoms with Crippen molar-refractivity contribution in [2.45, 2.75) is 13.1 Å². The Hall–Kier alpha value is -4.62. The first-order valence-electron chi connectivity index (χ1n) is 14.7. The number of benzene rings is 2. The van der Waals surface area contributed by atoms with E-state index in [9.17, 15) is 18.0 Å². The Morgan fingerprint density at radius 1 is 1.02 bits per heavy atom. The smallest absolute Gasteiger partial charge is 0.382 e. The number of anilines is 4. The van der Waals surface area contributed by atoms with Crippen LogP contribution in [0.3, 0.4) is 0 Å². The Bertz CT molecular complexity index is 1580. The Balaban J connectivity index is 1.42. The van der Waals surface area contributed by atoms with Crippen molar-refractivity contribution in [2.75, 3.05) is 80.0 Å². The number of rotatable bonds is 8. The average Bonchev–Trinajstić information content (AvgIpc) is 3.02. The maximum Gasteiger partial charge on any atom is 0.416 e. The molecule has 3 aromatic rings. The van der Waals surface area contributed by atoms with Gasteiger partial charge in [-0.2, -0.15) is 13.2 Å². The molecule has 0 atom stereocenters. The van der Waals surface area contributed by atoms with Crippen LogP contribution < -0.4 is 26.2 Å². The van der Waals surface area contributed by atoms with E-state index in [1.807, 2.05) is 31.0 Å². The van der Waals surface area contributed by atoms with Crippen molar-refractivity contribution >= 4 is 40.3 Å². The van der Waals surface area contributed by atoms with Gasteiger partial charge in [0, 0.05) is 56.2 Å². The highest BCUT2D eigenvalue weighted by atomic mass is 19.4. The molecule has 2 aliphatic heterocycles. The minimum absolute atomic E-state index is 0.0539. The number of nitrogens with two attached hydrogens (primary N) is 1. The number of likely N-dealkylation sites (N-methyl/N-ethyl adjacent to an activating group) is 1. The van der Waals surface area contributed by atoms with Gasteiger partial charge in [0.2, 0.25) is 0 Å². The molecule has 13 heteroatoms. The minimum Gasteiger partial charge on any atom is -0.382 e. The fourth-order valence-electron chi connectivity index (χ4n) is 5.19. The number of carbonyl (C=O) groups is 1. The van der Waals surface area contributed by atoms with Gasteiger partial charge in [-0.1, -0.05) is 12.6 Å². The van der Waals surface area contributed by atoms with Gasteiger partial charge in [0.25, 0.3) is 5.91 Å². The maximum absolute atomic E-state index is 13.8. The molecule has 2 aromatic carbocycles. The molecule has 0 aliphatic carbocycles. The molecule has 2 saturated heterocycles. The second kappa shape index (κ2) is 13.6. The summed E-state index contributed by atoms with van der Waals surface area (Å²) in [6.45, 7) is 10.7. The second-order valence-corrected chi connectivity index (χ2v) is 11.0. The van der Waals surface area contributed by atoms with E-state index in [2.05, 4.69) is 32.0 Å². The number of piperazine rings is 1. The second-order valence-electron chi connectivity index (χ2n) is 11.0. The highest BCUT2D eigenvalue weighted by molar-refractivity contribution is 6.06. The monoisotopic (exact) mass is 622 g/mol. The van der Waals surface area contributed by atoms with Crippen molar-refractivity contribution in [1.29, 1.82) is 0 Å². The molecule has 3 heterocycles. The summed E-state index contributed by atoms with van der Waals surface area (Å²) in [6, 6.07) is 12.2. The lowest BCUT2D eigenvalue weighted by atomic mass is 10.1. The lowest BCUT2D eigenvalue weighted by Crippen LogP contribution is -2.44. The summed E-state index contributed by atoms with van der Waals surface area (Å²) < 4.78 is 46.9. The number of pyridine rings is 1. The van der Waals surface area contributed by atoms with Crippen molar-refractivity contribution in [3.63, 3.8) is 0 Å². The van der Waals surface area contributed by atoms with Gasteiger partial charge in [-0.3, -0.25) is 4.79 Å². The number of amides is 1. The summed E-state index contributed by atoms with van der Waals surface area (Å²) in [5.41, 5.74) is 8.52. The summed E-state index contributed by atoms with van der Waals surface area (Å²) in [5, 5.41) is 5.69. The van der Waals surface area contributed by atoms with Crippen LogP contribution >= 0.6 is 0 Å². The van der Waals surface area contributed by atoms with Gasteiger partial charge in [0.15, 0.2) is 5.84 Å². The first kappa shape index (κ1) is 31.8. The highest BCUT2D eigenvalue weighted by Gasteiger charge is 2.32. The van der Waals surface area contributed by atoms with Crippen LogP contribution in [0.2, 0.25) is 0 Å². The first-order chi connectivity index (χ1) is 21.5. The topological polar surface area (TPSA) is 111 Å². The van der Waals surface area contributed by atoms with E-state index in [0.29, 0.717) is 62.1 Å². The third-order valence-electron chi connectivity index (χ3n) is 7.80. The van der Waals surface area contributed by atoms with Gasteiger partial charge in [0.05, 0.1) is 30.2 Å². The number of aryl methyl sites for hydroxylation is 1. The largest absolute Gasteiger partial charge is 0.416 e. The van der Waals surface area contributed by atoms with Crippen LogP contribution in [0.25, 0.3) is 0 Å². The molecule has 2 aliphatic rings. The molecular weight excluding hydrogens is 585 g/mol. The number of halogens is 3. The van der Waals surface area contributed by atoms with E-state index in [1.165, 1.54) is 6.20 Å². The van der Waals surface area contributed by atoms with E-state index in [1.54, 1.807) is 24.3 Å². The molecular formula is C32H37F3N8O2. The number of ether oxygens (including phenoxy) is 1. The minimum atomic E-state index is -4.57. The number of hydrogen-bond donors (Lipinski definition) is 3. The number of nitrogens with one attached hydrogen (secondary N) is 2. The fraction of sp³-hybridized carbons (Fsp3) is 0.344. The van der Waals surface area contributed by atoms with Crippen LogP contribution in [0.15, 0.2) is 66.3 Å². The van der Waals surface area contributed by atoms with Crippen LogP contribution in [-0.2, 0) is 10.9 Å². The summed E-state index contributed by atoms with van der Waals surface area (Å²) in [5.74, 6) is 0.267. The van der Waals surface area contributed by atoms with E-state index in [0.717, 1.165) is 36.6 Å². The van der Waals surface area contributed by atoms with Crippen molar-refractivity contribution in [3.8, 4) is 0 Å². The molecule has 238 valence electrons. The van der Waals surface area contributed by atoms with Gasteiger partial charge in [-0.25, -0.2) is 9.98 Å². The van der Waals surface area contributed by atoms with Crippen LogP contribution in [0, 0.1) is 6.92 Å². The number of carbonyl (C=O) groups excluding carboxylic acids is 1. The molecule has 5 rings (SSSR count). The van der Waals surface area contributed by atoms with Gasteiger partial charge >= 0.3 is 6.18 Å². The third kappa shape index (κ3) is 7.73. The molecule has 0 saturated carbocycles. The molecule has 1 amide bonds. The molecule has 1 aromatic heterocycles. The van der Waals surface area contributed by atoms with Gasteiger partial charge in [0.1, 0.15) is 11.5 Å². The lowest BCUT2D eigenvalue weighted by molar-refractivity contribution is -0.137. The van der Waals surface area contributed by atoms with Crippen LogP contribution in [0.5, 0.6) is 0 Å². The lowest BCUT2D eigenvalue weighted by Gasteiger charge is -2.34. The van der Waals surface area contributed by atoms with Gasteiger partial charge in [-0.15, -0.1) is 0 Å². The number of aliphatic imine (C=N–C) groups is 1. The zero-order valence-electron chi connectivity index (χ0n) is 25.3. The van der Waals surface area contributed by atoms with E-state index in [4.69, 9.17) is 15.5 Å². The van der Waals surface area contributed by atoms with Gasteiger partial charge in [-0.05, 0) is 68.2 Å². The summed E-state index contributed by atoms with van der Waals surface area (Å²) in [4.78, 5) is 28.8. The van der Waals surface area contributed by atoms with Crippen molar-refractivity contribution in [3.05, 3.63) is 83.7 Å². The summed E-state index contributed by atoms with van der Waals surface area (Å²) >= 11 is 0. The average molecular weight is 623 g/mol. The zero-order chi connectivity index (χ0) is 32.1. The molecule has 10 nitrogen and oxygen atoms in total. The Kier molecular flexibility index (Phi) is 9.59. The predicted octanol–water partition coefficient (Wildman–Crippen LogP) is 4.84. The zero-order valence-corrected chi connectivity index (χ0v) is 25.3. The molecule has 45 heavy (non-hydrogen) atoms. The third-order valence-corrected chi connectivity index (χ3v) is 7.80. The predicted molar refractivity (Wildman–Crippen MR) is 172 cm³/mol. The molecule has 0 bridgehead atoms. The number of amidine groups is 1. The SMILES string of the molecule is C=CNc1ccc(N2CCOCC2)nc1C(N)=Nc1cc(C(=O)Nc2cc(N3CCN(C)CC3)cc(C(F)(F)F)c2)ccc1C. The molecule has 2 fully saturated rings. The van der Waals surface area contributed by atoms with Crippen molar-refractivity contribution in [2.24, 2.45) is 10.7 Å². The molecule has 0 radical (unpaired) electrons. The fourth-order valence-corrected chi connectivity index (χ4v) is 5.19. The van der Waals surface area contributed by atoms with Gasteiger partial charge < -0.3 is 35.8 Å². The number of nitrogens with zero attached hydrogens (tertiary/aromatic N) is 5. The number of hydrogen-bond acceptors (Lipinski definition) is 8. The first-order valence-corrected chi connectivity index (χ1v) is 14.7. The van der Waals surface area contributed by atoms with E-state index in [-0.39, 0.29) is 17.1 Å². The Labute approximate surface area is 260 Å². The molecule has 0 unspecified atom stereocenters. The van der Waals surface area contributed by atoms with Crippen molar-refractivity contribution < 1.29 is 22.7 Å². The highest BCUT2D eigenvalue weighted by Crippen LogP contribution is 2.35. The molecule has 4 N–H and O–H groups in total. The molecule has 0 spiro atoms. The van der Waals surface area contributed by atoms with E-state index < -0.39 is 17.6 Å². The van der Waals surface area contributed by atoms with Crippen LogP contribution in [-0.4, -0.2) is 81.2 Å². The van der Waals surface area contributed by atoms with Crippen LogP contribution in [0.1, 0.15) is 27.2 Å². The Morgan fingerprint density at radius 2 is 1.76 bits per heavy atom.